The summed E-state index contributed by atoms with van der Waals surface area (Å²) < 4.78 is 19.0. The van der Waals surface area contributed by atoms with E-state index in [1.54, 1.807) is 43.7 Å². The molecule has 0 aliphatic rings. The van der Waals surface area contributed by atoms with Gasteiger partial charge in [0.25, 0.3) is 0 Å². The normalized spacial score (nSPS) is 10.9. The maximum absolute atomic E-state index is 14.0. The Bertz CT molecular complexity index is 611. The Kier molecular flexibility index (Phi) is 4.85. The first-order valence-corrected chi connectivity index (χ1v) is 6.32. The molecular weight excluding hydrogens is 257 g/mol. The van der Waals surface area contributed by atoms with E-state index in [-0.39, 0.29) is 12.4 Å². The molecule has 1 aromatic carbocycles. The molecule has 0 spiro atoms. The fourth-order valence-electron chi connectivity index (χ4n) is 1.83. The number of halogens is 1. The summed E-state index contributed by atoms with van der Waals surface area (Å²) in [6.07, 6.45) is 5.56. The standard InChI is InChI=1S/C16H16FNO2/c1-20-16-11-14(7-8-18-16)13-6-5-12(15(17)10-13)4-2-3-9-19/h2,4-8,10-11,19H,3,9H2,1H3. The van der Waals surface area contributed by atoms with Gasteiger partial charge in [-0.2, -0.15) is 0 Å². The molecule has 104 valence electrons. The lowest BCUT2D eigenvalue weighted by molar-refractivity contribution is 0.303. The number of ether oxygens (including phenoxy) is 1. The van der Waals surface area contributed by atoms with Crippen molar-refractivity contribution in [2.75, 3.05) is 13.7 Å². The zero-order chi connectivity index (χ0) is 14.4. The lowest BCUT2D eigenvalue weighted by atomic mass is 10.0. The van der Waals surface area contributed by atoms with Gasteiger partial charge in [-0.1, -0.05) is 24.3 Å². The molecule has 0 saturated heterocycles. The number of benzene rings is 1. The second kappa shape index (κ2) is 6.82. The van der Waals surface area contributed by atoms with Crippen molar-refractivity contribution in [3.8, 4) is 17.0 Å². The van der Waals surface area contributed by atoms with E-state index in [9.17, 15) is 4.39 Å². The highest BCUT2D eigenvalue weighted by molar-refractivity contribution is 5.66. The minimum Gasteiger partial charge on any atom is -0.481 e. The predicted molar refractivity (Wildman–Crippen MR) is 76.9 cm³/mol. The zero-order valence-corrected chi connectivity index (χ0v) is 11.2. The highest BCUT2D eigenvalue weighted by Crippen LogP contribution is 2.24. The molecule has 3 nitrogen and oxygen atoms in total. The van der Waals surface area contributed by atoms with E-state index < -0.39 is 0 Å². The van der Waals surface area contributed by atoms with Crippen LogP contribution in [-0.2, 0) is 0 Å². The quantitative estimate of drug-likeness (QED) is 0.909. The SMILES string of the molecule is COc1cc(-c2ccc(C=CCCO)c(F)c2)ccn1. The van der Waals surface area contributed by atoms with Crippen LogP contribution in [0.1, 0.15) is 12.0 Å². The smallest absolute Gasteiger partial charge is 0.213 e. The molecule has 0 fully saturated rings. The minimum atomic E-state index is -0.299. The Balaban J connectivity index is 2.28. The third-order valence-electron chi connectivity index (χ3n) is 2.87. The van der Waals surface area contributed by atoms with E-state index >= 15 is 0 Å². The number of rotatable bonds is 5. The van der Waals surface area contributed by atoms with Gasteiger partial charge in [0, 0.05) is 24.4 Å². The highest BCUT2D eigenvalue weighted by atomic mass is 19.1. The van der Waals surface area contributed by atoms with Crippen LogP contribution in [0.2, 0.25) is 0 Å². The maximum Gasteiger partial charge on any atom is 0.213 e. The maximum atomic E-state index is 14.0. The average molecular weight is 273 g/mol. The van der Waals surface area contributed by atoms with Gasteiger partial charge in [0.15, 0.2) is 0 Å². The van der Waals surface area contributed by atoms with Gasteiger partial charge in [-0.3, -0.25) is 0 Å². The van der Waals surface area contributed by atoms with Crippen molar-refractivity contribution in [3.63, 3.8) is 0 Å². The van der Waals surface area contributed by atoms with Crippen LogP contribution in [0.4, 0.5) is 4.39 Å². The van der Waals surface area contributed by atoms with Crippen molar-refractivity contribution in [2.45, 2.75) is 6.42 Å². The summed E-state index contributed by atoms with van der Waals surface area (Å²) >= 11 is 0. The van der Waals surface area contributed by atoms with Crippen molar-refractivity contribution in [2.24, 2.45) is 0 Å². The molecule has 0 aliphatic carbocycles. The number of hydrogen-bond donors (Lipinski definition) is 1. The topological polar surface area (TPSA) is 42.4 Å². The lowest BCUT2D eigenvalue weighted by Gasteiger charge is -2.05. The number of methoxy groups -OCH3 is 1. The first-order chi connectivity index (χ1) is 9.74. The summed E-state index contributed by atoms with van der Waals surface area (Å²) in [5.74, 6) is 0.197. The third kappa shape index (κ3) is 3.42. The Morgan fingerprint density at radius 2 is 2.05 bits per heavy atom. The van der Waals surface area contributed by atoms with Crippen LogP contribution in [0, 0.1) is 5.82 Å². The molecule has 0 radical (unpaired) electrons. The number of pyridine rings is 1. The summed E-state index contributed by atoms with van der Waals surface area (Å²) in [6, 6.07) is 8.60. The number of hydrogen-bond acceptors (Lipinski definition) is 3. The van der Waals surface area contributed by atoms with Gasteiger partial charge < -0.3 is 9.84 Å². The van der Waals surface area contributed by atoms with Crippen molar-refractivity contribution in [3.05, 3.63) is 54.0 Å². The first-order valence-electron chi connectivity index (χ1n) is 6.32. The summed E-state index contributed by atoms with van der Waals surface area (Å²) in [6.45, 7) is 0.0625. The highest BCUT2D eigenvalue weighted by Gasteiger charge is 2.04. The Hall–Kier alpha value is -2.20. The Labute approximate surface area is 117 Å². The summed E-state index contributed by atoms with van der Waals surface area (Å²) in [5.41, 5.74) is 2.12. The van der Waals surface area contributed by atoms with E-state index in [1.165, 1.54) is 6.07 Å². The molecule has 2 aromatic rings. The average Bonchev–Trinajstić information content (AvgIpc) is 2.49. The van der Waals surface area contributed by atoms with E-state index in [0.717, 1.165) is 11.1 Å². The Morgan fingerprint density at radius 1 is 1.25 bits per heavy atom. The van der Waals surface area contributed by atoms with Crippen LogP contribution < -0.4 is 4.74 Å². The van der Waals surface area contributed by atoms with Gasteiger partial charge in [-0.15, -0.1) is 0 Å². The molecular formula is C16H16FNO2. The molecule has 1 aromatic heterocycles. The van der Waals surface area contributed by atoms with Gasteiger partial charge in [0.2, 0.25) is 5.88 Å². The molecule has 0 atom stereocenters. The lowest BCUT2D eigenvalue weighted by Crippen LogP contribution is -1.89. The van der Waals surface area contributed by atoms with E-state index in [4.69, 9.17) is 9.84 Å². The summed E-state index contributed by atoms with van der Waals surface area (Å²) in [5, 5.41) is 8.69. The minimum absolute atomic E-state index is 0.0625. The molecule has 2 rings (SSSR count). The number of aliphatic hydroxyl groups excluding tert-OH is 1. The van der Waals surface area contributed by atoms with Crippen LogP contribution in [0.3, 0.4) is 0 Å². The monoisotopic (exact) mass is 273 g/mol. The van der Waals surface area contributed by atoms with Crippen LogP contribution >= 0.6 is 0 Å². The molecule has 0 saturated carbocycles. The summed E-state index contributed by atoms with van der Waals surface area (Å²) in [7, 11) is 1.54. The largest absolute Gasteiger partial charge is 0.481 e. The van der Waals surface area contributed by atoms with Crippen LogP contribution in [0.25, 0.3) is 17.2 Å². The van der Waals surface area contributed by atoms with Crippen LogP contribution in [0.15, 0.2) is 42.6 Å². The Morgan fingerprint density at radius 3 is 2.75 bits per heavy atom. The zero-order valence-electron chi connectivity index (χ0n) is 11.2. The van der Waals surface area contributed by atoms with Gasteiger partial charge in [0.1, 0.15) is 5.82 Å². The van der Waals surface area contributed by atoms with Crippen molar-refractivity contribution in [1.82, 2.24) is 4.98 Å². The fraction of sp³-hybridized carbons (Fsp3) is 0.188. The number of aliphatic hydroxyl groups is 1. The molecule has 20 heavy (non-hydrogen) atoms. The van der Waals surface area contributed by atoms with Crippen LogP contribution in [-0.4, -0.2) is 23.8 Å². The molecule has 0 bridgehead atoms. The van der Waals surface area contributed by atoms with Crippen molar-refractivity contribution < 1.29 is 14.2 Å². The number of nitrogens with zero attached hydrogens (tertiary/aromatic N) is 1. The fourth-order valence-corrected chi connectivity index (χ4v) is 1.83. The van der Waals surface area contributed by atoms with Gasteiger partial charge in [-0.05, 0) is 29.7 Å². The molecule has 0 aliphatic heterocycles. The number of aromatic nitrogens is 1. The first kappa shape index (κ1) is 14.2. The second-order valence-electron chi connectivity index (χ2n) is 4.24. The predicted octanol–water partition coefficient (Wildman–Crippen LogP) is 3.29. The molecule has 1 N–H and O–H groups in total. The van der Waals surface area contributed by atoms with Gasteiger partial charge in [0.05, 0.1) is 7.11 Å². The molecule has 0 unspecified atom stereocenters. The second-order valence-corrected chi connectivity index (χ2v) is 4.24. The molecule has 1 heterocycles. The van der Waals surface area contributed by atoms with E-state index in [0.29, 0.717) is 17.9 Å². The van der Waals surface area contributed by atoms with E-state index in [1.807, 2.05) is 6.07 Å². The third-order valence-corrected chi connectivity index (χ3v) is 2.87. The van der Waals surface area contributed by atoms with Crippen molar-refractivity contribution >= 4 is 6.08 Å². The van der Waals surface area contributed by atoms with Crippen molar-refractivity contribution in [1.29, 1.82) is 0 Å². The molecule has 4 heteroatoms. The molecule has 0 amide bonds. The summed E-state index contributed by atoms with van der Waals surface area (Å²) in [4.78, 5) is 4.02. The van der Waals surface area contributed by atoms with Crippen LogP contribution in [0.5, 0.6) is 5.88 Å². The van der Waals surface area contributed by atoms with E-state index in [2.05, 4.69) is 4.98 Å². The van der Waals surface area contributed by atoms with Gasteiger partial charge >= 0.3 is 0 Å². The van der Waals surface area contributed by atoms with Gasteiger partial charge in [-0.25, -0.2) is 9.37 Å².